The van der Waals surface area contributed by atoms with E-state index in [0.29, 0.717) is 18.1 Å². The van der Waals surface area contributed by atoms with Crippen LogP contribution in [0.1, 0.15) is 33.3 Å². The van der Waals surface area contributed by atoms with Crippen molar-refractivity contribution in [2.75, 3.05) is 0 Å². The fourth-order valence-electron chi connectivity index (χ4n) is 3.33. The van der Waals surface area contributed by atoms with Crippen molar-refractivity contribution >= 4 is 17.5 Å². The zero-order valence-electron chi connectivity index (χ0n) is 17.6. The van der Waals surface area contributed by atoms with Crippen LogP contribution in [-0.4, -0.2) is 15.7 Å². The molecule has 2 heterocycles. The molecule has 2 aromatic heterocycles. The fraction of sp³-hybridized carbons (Fsp3) is 0.167. The van der Waals surface area contributed by atoms with Crippen molar-refractivity contribution in [1.29, 1.82) is 0 Å². The first-order valence-corrected chi connectivity index (χ1v) is 10.4. The van der Waals surface area contributed by atoms with E-state index in [4.69, 9.17) is 20.8 Å². The molecule has 2 aromatic carbocycles. The molecule has 1 N–H and O–H groups in total. The van der Waals surface area contributed by atoms with E-state index in [1.807, 2.05) is 48.9 Å². The van der Waals surface area contributed by atoms with Crippen molar-refractivity contribution in [3.8, 4) is 11.4 Å². The summed E-state index contributed by atoms with van der Waals surface area (Å²) in [6.45, 7) is 4.26. The number of hydrogen-bond donors (Lipinski definition) is 1. The molecule has 0 atom stereocenters. The molecule has 4 rings (SSSR count). The van der Waals surface area contributed by atoms with Crippen molar-refractivity contribution in [2.24, 2.45) is 0 Å². The van der Waals surface area contributed by atoms with E-state index < -0.39 is 5.82 Å². The van der Waals surface area contributed by atoms with Gasteiger partial charge in [-0.15, -0.1) is 0 Å². The summed E-state index contributed by atoms with van der Waals surface area (Å²) in [7, 11) is 0. The molecule has 0 bridgehead atoms. The quantitative estimate of drug-likeness (QED) is 0.407. The molecule has 0 aliphatic carbocycles. The molecule has 1 amide bonds. The third-order valence-corrected chi connectivity index (χ3v) is 5.31. The first-order chi connectivity index (χ1) is 15.4. The number of para-hydroxylation sites is 1. The van der Waals surface area contributed by atoms with Gasteiger partial charge < -0.3 is 14.5 Å². The van der Waals surface area contributed by atoms with E-state index >= 15 is 0 Å². The minimum absolute atomic E-state index is 0.0562. The lowest BCUT2D eigenvalue weighted by molar-refractivity contribution is 0.0919. The van der Waals surface area contributed by atoms with Gasteiger partial charge in [-0.1, -0.05) is 29.8 Å². The van der Waals surface area contributed by atoms with E-state index in [-0.39, 0.29) is 23.3 Å². The molecule has 164 valence electrons. The number of halogens is 2. The highest BCUT2D eigenvalue weighted by Crippen LogP contribution is 2.26. The molecule has 0 saturated heterocycles. The Hall–Kier alpha value is -3.58. The zero-order chi connectivity index (χ0) is 22.7. The summed E-state index contributed by atoms with van der Waals surface area (Å²) in [6.07, 6.45) is 0. The SMILES string of the molecule is Cc1nn(-c2ccccc2)c(C)c1CNC(=O)c1ccc(COc2ccc(F)cc2Cl)o1. The summed E-state index contributed by atoms with van der Waals surface area (Å²) in [5.74, 6) is 0.151. The molecule has 8 heteroatoms. The van der Waals surface area contributed by atoms with Gasteiger partial charge in [-0.25, -0.2) is 9.07 Å². The number of aromatic nitrogens is 2. The van der Waals surface area contributed by atoms with Crippen LogP contribution >= 0.6 is 11.6 Å². The van der Waals surface area contributed by atoms with Crippen LogP contribution in [0, 0.1) is 19.7 Å². The third kappa shape index (κ3) is 4.68. The number of amides is 1. The molecule has 0 radical (unpaired) electrons. The summed E-state index contributed by atoms with van der Waals surface area (Å²) in [4.78, 5) is 12.6. The number of benzene rings is 2. The zero-order valence-corrected chi connectivity index (χ0v) is 18.3. The van der Waals surface area contributed by atoms with Gasteiger partial charge in [0.1, 0.15) is 23.9 Å². The molecule has 6 nitrogen and oxygen atoms in total. The van der Waals surface area contributed by atoms with E-state index in [9.17, 15) is 9.18 Å². The van der Waals surface area contributed by atoms with E-state index in [1.165, 1.54) is 18.2 Å². The lowest BCUT2D eigenvalue weighted by Gasteiger charge is -2.07. The van der Waals surface area contributed by atoms with Crippen molar-refractivity contribution in [3.63, 3.8) is 0 Å². The van der Waals surface area contributed by atoms with Crippen LogP contribution in [0.15, 0.2) is 65.1 Å². The van der Waals surface area contributed by atoms with Crippen LogP contribution in [0.5, 0.6) is 5.75 Å². The Morgan fingerprint density at radius 1 is 1.16 bits per heavy atom. The van der Waals surface area contributed by atoms with Crippen molar-refractivity contribution in [3.05, 3.63) is 100.0 Å². The summed E-state index contributed by atoms with van der Waals surface area (Å²) < 4.78 is 26.1. The number of furan rings is 1. The summed E-state index contributed by atoms with van der Waals surface area (Å²) in [5.41, 5.74) is 3.71. The standard InChI is InChI=1S/C24H21ClFN3O3/c1-15-20(16(2)29(28-15)18-6-4-3-5-7-18)13-27-24(30)23-11-9-19(32-23)14-31-22-10-8-17(26)12-21(22)25/h3-12H,13-14H2,1-2H3,(H,27,30). The molecule has 0 saturated carbocycles. The number of aryl methyl sites for hydroxylation is 1. The van der Waals surface area contributed by atoms with Crippen LogP contribution in [0.4, 0.5) is 4.39 Å². The highest BCUT2D eigenvalue weighted by atomic mass is 35.5. The molecule has 0 unspecified atom stereocenters. The average molecular weight is 454 g/mol. The highest BCUT2D eigenvalue weighted by molar-refractivity contribution is 6.32. The third-order valence-electron chi connectivity index (χ3n) is 5.02. The Labute approximate surface area is 189 Å². The maximum Gasteiger partial charge on any atom is 0.287 e. The van der Waals surface area contributed by atoms with Gasteiger partial charge in [0.15, 0.2) is 5.76 Å². The Bertz CT molecular complexity index is 1250. The number of nitrogens with zero attached hydrogens (tertiary/aromatic N) is 2. The average Bonchev–Trinajstić information content (AvgIpc) is 3.37. The summed E-state index contributed by atoms with van der Waals surface area (Å²) in [5, 5.41) is 7.63. The predicted molar refractivity (Wildman–Crippen MR) is 119 cm³/mol. The largest absolute Gasteiger partial charge is 0.484 e. The smallest absolute Gasteiger partial charge is 0.287 e. The van der Waals surface area contributed by atoms with Crippen LogP contribution in [0.2, 0.25) is 5.02 Å². The number of ether oxygens (including phenoxy) is 1. The van der Waals surface area contributed by atoms with Crippen LogP contribution in [-0.2, 0) is 13.2 Å². The summed E-state index contributed by atoms with van der Waals surface area (Å²) >= 11 is 5.95. The van der Waals surface area contributed by atoms with E-state index in [2.05, 4.69) is 10.4 Å². The first kappa shape index (κ1) is 21.6. The number of rotatable bonds is 7. The molecule has 0 aliphatic rings. The minimum atomic E-state index is -0.445. The molecule has 4 aromatic rings. The first-order valence-electron chi connectivity index (χ1n) is 9.97. The molecule has 0 spiro atoms. The summed E-state index contributed by atoms with van der Waals surface area (Å²) in [6, 6.07) is 16.9. The Morgan fingerprint density at radius 3 is 2.69 bits per heavy atom. The topological polar surface area (TPSA) is 69.3 Å². The number of carbonyl (C=O) groups excluding carboxylic acids is 1. The van der Waals surface area contributed by atoms with Gasteiger partial charge in [0, 0.05) is 17.8 Å². The van der Waals surface area contributed by atoms with Gasteiger partial charge in [-0.2, -0.15) is 5.10 Å². The molecular formula is C24H21ClFN3O3. The van der Waals surface area contributed by atoms with Gasteiger partial charge in [-0.3, -0.25) is 4.79 Å². The van der Waals surface area contributed by atoms with Crippen LogP contribution in [0.3, 0.4) is 0 Å². The van der Waals surface area contributed by atoms with Gasteiger partial charge in [0.25, 0.3) is 5.91 Å². The van der Waals surface area contributed by atoms with Crippen molar-refractivity contribution < 1.29 is 18.3 Å². The fourth-order valence-corrected chi connectivity index (χ4v) is 3.55. The second kappa shape index (κ2) is 9.28. The lowest BCUT2D eigenvalue weighted by atomic mass is 10.2. The predicted octanol–water partition coefficient (Wildman–Crippen LogP) is 5.38. The van der Waals surface area contributed by atoms with Gasteiger partial charge in [0.2, 0.25) is 0 Å². The van der Waals surface area contributed by atoms with Crippen molar-refractivity contribution in [1.82, 2.24) is 15.1 Å². The van der Waals surface area contributed by atoms with E-state index in [0.717, 1.165) is 22.6 Å². The molecule has 0 fully saturated rings. The normalized spacial score (nSPS) is 10.9. The lowest BCUT2D eigenvalue weighted by Crippen LogP contribution is -2.23. The van der Waals surface area contributed by atoms with Gasteiger partial charge in [-0.05, 0) is 56.3 Å². The Kier molecular flexibility index (Phi) is 6.28. The Balaban J connectivity index is 1.38. The second-order valence-electron chi connectivity index (χ2n) is 7.21. The van der Waals surface area contributed by atoms with Gasteiger partial charge >= 0.3 is 0 Å². The molecule has 32 heavy (non-hydrogen) atoms. The monoisotopic (exact) mass is 453 g/mol. The highest BCUT2D eigenvalue weighted by Gasteiger charge is 2.16. The number of hydrogen-bond acceptors (Lipinski definition) is 4. The van der Waals surface area contributed by atoms with E-state index in [1.54, 1.807) is 12.1 Å². The minimum Gasteiger partial charge on any atom is -0.484 e. The van der Waals surface area contributed by atoms with Crippen LogP contribution in [0.25, 0.3) is 5.69 Å². The Morgan fingerprint density at radius 2 is 1.94 bits per heavy atom. The van der Waals surface area contributed by atoms with Gasteiger partial charge in [0.05, 0.1) is 16.4 Å². The maximum atomic E-state index is 13.1. The number of nitrogens with one attached hydrogen (secondary N) is 1. The molecule has 0 aliphatic heterocycles. The second-order valence-corrected chi connectivity index (χ2v) is 7.62. The molecular weight excluding hydrogens is 433 g/mol. The number of carbonyl (C=O) groups is 1. The maximum absolute atomic E-state index is 13.1. The van der Waals surface area contributed by atoms with Crippen LogP contribution < -0.4 is 10.1 Å². The van der Waals surface area contributed by atoms with Crippen molar-refractivity contribution in [2.45, 2.75) is 27.0 Å².